The van der Waals surface area contributed by atoms with Gasteiger partial charge in [-0.05, 0) is 31.2 Å². The molecule has 0 unspecified atom stereocenters. The lowest BCUT2D eigenvalue weighted by Gasteiger charge is -2.07. The van der Waals surface area contributed by atoms with E-state index in [1.807, 2.05) is 6.07 Å². The number of para-hydroxylation sites is 1. The highest BCUT2D eigenvalue weighted by Gasteiger charge is 2.22. The van der Waals surface area contributed by atoms with Crippen molar-refractivity contribution < 1.29 is 8.42 Å². The maximum Gasteiger partial charge on any atom is 0.296 e. The first-order valence-electron chi connectivity index (χ1n) is 7.29. The van der Waals surface area contributed by atoms with Gasteiger partial charge in [0.05, 0.1) is 11.4 Å². The largest absolute Gasteiger partial charge is 0.296 e. The van der Waals surface area contributed by atoms with E-state index in [9.17, 15) is 13.2 Å². The lowest BCUT2D eigenvalue weighted by Crippen LogP contribution is -2.23. The predicted molar refractivity (Wildman–Crippen MR) is 95.8 cm³/mol. The van der Waals surface area contributed by atoms with Crippen LogP contribution >= 0.6 is 11.6 Å². The van der Waals surface area contributed by atoms with E-state index in [1.54, 1.807) is 42.9 Å². The summed E-state index contributed by atoms with van der Waals surface area (Å²) < 4.78 is 30.4. The molecule has 0 aliphatic carbocycles. The van der Waals surface area contributed by atoms with E-state index in [4.69, 9.17) is 11.6 Å². The molecule has 0 saturated carbocycles. The number of nitrogens with zero attached hydrogens (tertiary/aromatic N) is 3. The number of hydrogen-bond acceptors (Lipinski definition) is 4. The van der Waals surface area contributed by atoms with E-state index in [1.165, 1.54) is 16.8 Å². The van der Waals surface area contributed by atoms with Crippen molar-refractivity contribution in [2.75, 3.05) is 4.72 Å². The first kappa shape index (κ1) is 17.2. The second-order valence-electron chi connectivity index (χ2n) is 5.36. The summed E-state index contributed by atoms with van der Waals surface area (Å²) in [6.07, 6.45) is 1.14. The summed E-state index contributed by atoms with van der Waals surface area (Å²) in [6, 6.07) is 11.7. The zero-order chi connectivity index (χ0) is 18.2. The zero-order valence-corrected chi connectivity index (χ0v) is 15.0. The van der Waals surface area contributed by atoms with Crippen molar-refractivity contribution in [2.45, 2.75) is 11.8 Å². The Morgan fingerprint density at radius 3 is 2.40 bits per heavy atom. The molecule has 0 saturated heterocycles. The fraction of sp³-hybridized carbons (Fsp3) is 0.125. The molecule has 0 aliphatic rings. The number of halogens is 1. The Balaban J connectivity index is 2.07. The summed E-state index contributed by atoms with van der Waals surface area (Å²) in [6.45, 7) is 1.67. The average molecular weight is 379 g/mol. The first-order valence-corrected chi connectivity index (χ1v) is 9.16. The van der Waals surface area contributed by atoms with Crippen molar-refractivity contribution in [1.82, 2.24) is 14.3 Å². The van der Waals surface area contributed by atoms with Crippen molar-refractivity contribution in [3.63, 3.8) is 0 Å². The molecular formula is C16H15ClN4O3S. The SMILES string of the molecule is Cc1c(NS(=O)(=O)c2ccc(Cl)nc2)c(=O)n(-c2ccccc2)n1C. The Hall–Kier alpha value is -2.58. The molecular weight excluding hydrogens is 364 g/mol. The van der Waals surface area contributed by atoms with Gasteiger partial charge in [0.2, 0.25) is 0 Å². The van der Waals surface area contributed by atoms with Gasteiger partial charge in [-0.3, -0.25) is 14.2 Å². The molecule has 0 fully saturated rings. The van der Waals surface area contributed by atoms with Crippen LogP contribution in [0.2, 0.25) is 5.15 Å². The molecule has 0 aliphatic heterocycles. The zero-order valence-electron chi connectivity index (χ0n) is 13.5. The van der Waals surface area contributed by atoms with Crippen LogP contribution in [0.3, 0.4) is 0 Å². The van der Waals surface area contributed by atoms with E-state index in [2.05, 4.69) is 9.71 Å². The molecule has 0 amide bonds. The van der Waals surface area contributed by atoms with Crippen molar-refractivity contribution in [3.05, 3.63) is 69.9 Å². The summed E-state index contributed by atoms with van der Waals surface area (Å²) in [4.78, 5) is 16.4. The lowest BCUT2D eigenvalue weighted by molar-refractivity contribution is 0.600. The molecule has 25 heavy (non-hydrogen) atoms. The fourth-order valence-electron chi connectivity index (χ4n) is 2.40. The Bertz CT molecular complexity index is 1070. The average Bonchev–Trinajstić information content (AvgIpc) is 2.79. The highest BCUT2D eigenvalue weighted by molar-refractivity contribution is 7.92. The van der Waals surface area contributed by atoms with Crippen LogP contribution in [0.5, 0.6) is 0 Å². The molecule has 0 atom stereocenters. The summed E-state index contributed by atoms with van der Waals surface area (Å²) in [7, 11) is -2.27. The molecule has 2 heterocycles. The third-order valence-electron chi connectivity index (χ3n) is 3.80. The van der Waals surface area contributed by atoms with Crippen LogP contribution < -0.4 is 10.3 Å². The molecule has 0 radical (unpaired) electrons. The molecule has 130 valence electrons. The van der Waals surface area contributed by atoms with Gasteiger partial charge in [-0.1, -0.05) is 29.8 Å². The molecule has 0 spiro atoms. The minimum Gasteiger partial charge on any atom is -0.283 e. The number of anilines is 1. The summed E-state index contributed by atoms with van der Waals surface area (Å²) >= 11 is 5.68. The molecule has 0 bridgehead atoms. The molecule has 9 heteroatoms. The van der Waals surface area contributed by atoms with Gasteiger partial charge in [-0.2, -0.15) is 0 Å². The fourth-order valence-corrected chi connectivity index (χ4v) is 3.57. The Morgan fingerprint density at radius 1 is 1.12 bits per heavy atom. The van der Waals surface area contributed by atoms with Gasteiger partial charge < -0.3 is 0 Å². The van der Waals surface area contributed by atoms with E-state index in [-0.39, 0.29) is 15.7 Å². The van der Waals surface area contributed by atoms with Gasteiger partial charge in [0.15, 0.2) is 0 Å². The second-order valence-corrected chi connectivity index (χ2v) is 7.43. The van der Waals surface area contributed by atoms with Gasteiger partial charge >= 0.3 is 0 Å². The number of rotatable bonds is 4. The molecule has 3 rings (SSSR count). The van der Waals surface area contributed by atoms with Crippen molar-refractivity contribution in [3.8, 4) is 5.69 Å². The second kappa shape index (κ2) is 6.38. The molecule has 3 aromatic rings. The maximum atomic E-state index is 12.8. The number of aromatic nitrogens is 3. The topological polar surface area (TPSA) is 86.0 Å². The van der Waals surface area contributed by atoms with E-state index in [0.717, 1.165) is 6.20 Å². The number of sulfonamides is 1. The molecule has 7 nitrogen and oxygen atoms in total. The molecule has 1 N–H and O–H groups in total. The lowest BCUT2D eigenvalue weighted by atomic mass is 10.3. The smallest absolute Gasteiger partial charge is 0.283 e. The quantitative estimate of drug-likeness (QED) is 0.706. The Morgan fingerprint density at radius 2 is 1.80 bits per heavy atom. The van der Waals surface area contributed by atoms with E-state index in [0.29, 0.717) is 11.4 Å². The monoisotopic (exact) mass is 378 g/mol. The van der Waals surface area contributed by atoms with E-state index >= 15 is 0 Å². The van der Waals surface area contributed by atoms with Crippen molar-refractivity contribution in [1.29, 1.82) is 0 Å². The van der Waals surface area contributed by atoms with Crippen LogP contribution in [0, 0.1) is 6.92 Å². The van der Waals surface area contributed by atoms with Crippen LogP contribution in [0.1, 0.15) is 5.69 Å². The van der Waals surface area contributed by atoms with E-state index < -0.39 is 15.6 Å². The minimum absolute atomic E-state index is 0.0127. The third kappa shape index (κ3) is 3.18. The highest BCUT2D eigenvalue weighted by atomic mass is 35.5. The molecule has 2 aromatic heterocycles. The Labute approximate surface area is 149 Å². The number of hydrogen-bond donors (Lipinski definition) is 1. The summed E-state index contributed by atoms with van der Waals surface area (Å²) in [5.74, 6) is 0. The maximum absolute atomic E-state index is 12.8. The van der Waals surface area contributed by atoms with Crippen molar-refractivity contribution in [2.24, 2.45) is 7.05 Å². The van der Waals surface area contributed by atoms with Crippen molar-refractivity contribution >= 4 is 27.3 Å². The number of benzene rings is 1. The van der Waals surface area contributed by atoms with Gasteiger partial charge in [0.25, 0.3) is 15.6 Å². The normalized spacial score (nSPS) is 11.5. The van der Waals surface area contributed by atoms with Crippen LogP contribution in [-0.4, -0.2) is 22.8 Å². The van der Waals surface area contributed by atoms with Crippen LogP contribution in [0.4, 0.5) is 5.69 Å². The highest BCUT2D eigenvalue weighted by Crippen LogP contribution is 2.19. The number of nitrogens with one attached hydrogen (secondary N) is 1. The van der Waals surface area contributed by atoms with Gasteiger partial charge in [-0.25, -0.2) is 18.1 Å². The molecule has 1 aromatic carbocycles. The number of pyridine rings is 1. The third-order valence-corrected chi connectivity index (χ3v) is 5.36. The van der Waals surface area contributed by atoms with Crippen LogP contribution in [0.25, 0.3) is 5.69 Å². The minimum atomic E-state index is -3.96. The summed E-state index contributed by atoms with van der Waals surface area (Å²) in [5, 5.41) is 0.182. The van der Waals surface area contributed by atoms with Gasteiger partial charge in [0.1, 0.15) is 15.7 Å². The summed E-state index contributed by atoms with van der Waals surface area (Å²) in [5.41, 5.74) is 0.647. The van der Waals surface area contributed by atoms with Crippen LogP contribution in [0.15, 0.2) is 58.4 Å². The standard InChI is InChI=1S/C16H15ClN4O3S/c1-11-15(19-25(23,24)13-8-9-14(17)18-10-13)16(22)21(20(11)2)12-6-4-3-5-7-12/h3-10,19H,1-2H3. The predicted octanol–water partition coefficient (Wildman–Crippen LogP) is 2.33. The van der Waals surface area contributed by atoms with Gasteiger partial charge in [-0.15, -0.1) is 0 Å². The van der Waals surface area contributed by atoms with Crippen LogP contribution in [-0.2, 0) is 17.1 Å². The Kier molecular flexibility index (Phi) is 4.40. The first-order chi connectivity index (χ1) is 11.8. The van der Waals surface area contributed by atoms with Gasteiger partial charge in [0, 0.05) is 13.2 Å².